The Labute approximate surface area is 126 Å². The van der Waals surface area contributed by atoms with Gasteiger partial charge in [-0.15, -0.1) is 11.3 Å². The minimum absolute atomic E-state index is 0.116. The molecule has 2 aromatic rings. The summed E-state index contributed by atoms with van der Waals surface area (Å²) in [5.74, 6) is 0.403. The summed E-state index contributed by atoms with van der Waals surface area (Å²) in [5.41, 5.74) is 0.293. The monoisotopic (exact) mass is 310 g/mol. The van der Waals surface area contributed by atoms with Crippen molar-refractivity contribution in [2.75, 3.05) is 11.9 Å². The van der Waals surface area contributed by atoms with Crippen LogP contribution in [0.3, 0.4) is 0 Å². The Morgan fingerprint density at radius 2 is 2.20 bits per heavy atom. The van der Waals surface area contributed by atoms with Crippen molar-refractivity contribution in [3.8, 4) is 0 Å². The van der Waals surface area contributed by atoms with Crippen molar-refractivity contribution >= 4 is 34.7 Å². The number of rotatable bonds is 5. The van der Waals surface area contributed by atoms with Gasteiger partial charge in [-0.05, 0) is 26.0 Å². The second kappa shape index (κ2) is 6.67. The molecule has 1 unspecified atom stereocenters. The van der Waals surface area contributed by atoms with E-state index in [0.29, 0.717) is 15.8 Å². The molecule has 5 nitrogen and oxygen atoms in total. The Morgan fingerprint density at radius 3 is 2.75 bits per heavy atom. The summed E-state index contributed by atoms with van der Waals surface area (Å²) in [5, 5.41) is 5.89. The van der Waals surface area contributed by atoms with Gasteiger partial charge in [-0.2, -0.15) is 0 Å². The lowest BCUT2D eigenvalue weighted by molar-refractivity contribution is 0.0935. The Hall–Kier alpha value is -1.66. The minimum Gasteiger partial charge on any atom is -0.369 e. The molecule has 20 heavy (non-hydrogen) atoms. The molecule has 0 aliphatic rings. The predicted molar refractivity (Wildman–Crippen MR) is 81.4 cm³/mol. The van der Waals surface area contributed by atoms with Crippen LogP contribution in [-0.4, -0.2) is 22.4 Å². The van der Waals surface area contributed by atoms with Crippen molar-refractivity contribution in [2.24, 2.45) is 0 Å². The minimum atomic E-state index is -0.252. The number of hydrogen-bond donors (Lipinski definition) is 2. The molecule has 0 aliphatic carbocycles. The van der Waals surface area contributed by atoms with E-state index in [-0.39, 0.29) is 11.9 Å². The van der Waals surface area contributed by atoms with Gasteiger partial charge in [-0.1, -0.05) is 11.6 Å². The zero-order valence-electron chi connectivity index (χ0n) is 11.2. The summed E-state index contributed by atoms with van der Waals surface area (Å²) in [4.78, 5) is 21.3. The molecule has 106 valence electrons. The number of nitrogens with one attached hydrogen (secondary N) is 2. The van der Waals surface area contributed by atoms with Crippen LogP contribution in [0.4, 0.5) is 5.82 Å². The summed E-state index contributed by atoms with van der Waals surface area (Å²) in [7, 11) is 0. The van der Waals surface area contributed by atoms with Crippen LogP contribution >= 0.6 is 22.9 Å². The van der Waals surface area contributed by atoms with Gasteiger partial charge in [0, 0.05) is 11.4 Å². The van der Waals surface area contributed by atoms with Crippen molar-refractivity contribution in [2.45, 2.75) is 19.9 Å². The maximum absolute atomic E-state index is 12.0. The number of amides is 1. The zero-order valence-corrected chi connectivity index (χ0v) is 12.8. The fraction of sp³-hybridized carbons (Fsp3) is 0.308. The van der Waals surface area contributed by atoms with Crippen LogP contribution in [0.15, 0.2) is 24.5 Å². The van der Waals surface area contributed by atoms with Crippen LogP contribution in [0.5, 0.6) is 0 Å². The number of nitrogens with zero attached hydrogens (tertiary/aromatic N) is 2. The average Bonchev–Trinajstić information content (AvgIpc) is 2.86. The molecule has 1 amide bonds. The van der Waals surface area contributed by atoms with E-state index in [0.717, 1.165) is 11.4 Å². The van der Waals surface area contributed by atoms with Crippen molar-refractivity contribution in [1.29, 1.82) is 0 Å². The maximum atomic E-state index is 12.0. The molecule has 0 aliphatic heterocycles. The fourth-order valence-electron chi connectivity index (χ4n) is 1.62. The second-order valence-corrected chi connectivity index (χ2v) is 5.90. The van der Waals surface area contributed by atoms with Gasteiger partial charge in [-0.25, -0.2) is 9.97 Å². The number of carbonyl (C=O) groups excluding carboxylic acids is 1. The van der Waals surface area contributed by atoms with Crippen molar-refractivity contribution < 1.29 is 4.79 Å². The maximum Gasteiger partial charge on any atom is 0.271 e. The van der Waals surface area contributed by atoms with Gasteiger partial charge in [-0.3, -0.25) is 4.79 Å². The fourth-order valence-corrected chi connectivity index (χ4v) is 2.68. The van der Waals surface area contributed by atoms with Gasteiger partial charge in [0.05, 0.1) is 22.8 Å². The lowest BCUT2D eigenvalue weighted by Gasteiger charge is -2.11. The molecule has 0 spiro atoms. The third-order valence-electron chi connectivity index (χ3n) is 2.61. The van der Waals surface area contributed by atoms with E-state index in [9.17, 15) is 4.79 Å². The van der Waals surface area contributed by atoms with E-state index in [1.54, 1.807) is 6.20 Å². The lowest BCUT2D eigenvalue weighted by Crippen LogP contribution is -2.27. The summed E-state index contributed by atoms with van der Waals surface area (Å²) < 4.78 is 0.705. The highest BCUT2D eigenvalue weighted by Crippen LogP contribution is 2.26. The highest BCUT2D eigenvalue weighted by atomic mass is 35.5. The topological polar surface area (TPSA) is 66.9 Å². The molecule has 2 heterocycles. The SMILES string of the molecule is CCNc1cnc(C(=O)NC(C)c2ccc(Cl)s2)cn1. The molecule has 2 N–H and O–H groups in total. The highest BCUT2D eigenvalue weighted by molar-refractivity contribution is 7.16. The van der Waals surface area contributed by atoms with E-state index >= 15 is 0 Å². The third-order valence-corrected chi connectivity index (χ3v) is 4.02. The number of carbonyl (C=O) groups is 1. The Kier molecular flexibility index (Phi) is 4.92. The Balaban J connectivity index is 2.00. The second-order valence-electron chi connectivity index (χ2n) is 4.15. The van der Waals surface area contributed by atoms with Crippen LogP contribution in [0, 0.1) is 0 Å². The van der Waals surface area contributed by atoms with E-state index in [4.69, 9.17) is 11.6 Å². The van der Waals surface area contributed by atoms with Gasteiger partial charge in [0.15, 0.2) is 0 Å². The van der Waals surface area contributed by atoms with Crippen LogP contribution in [-0.2, 0) is 0 Å². The number of hydrogen-bond acceptors (Lipinski definition) is 5. The van der Waals surface area contributed by atoms with Crippen LogP contribution in [0.1, 0.15) is 35.3 Å². The molecule has 2 rings (SSSR count). The zero-order chi connectivity index (χ0) is 14.5. The van der Waals surface area contributed by atoms with Gasteiger partial charge in [0.1, 0.15) is 11.5 Å². The number of thiophene rings is 1. The van der Waals surface area contributed by atoms with Gasteiger partial charge >= 0.3 is 0 Å². The average molecular weight is 311 g/mol. The number of halogens is 1. The first-order chi connectivity index (χ1) is 9.60. The van der Waals surface area contributed by atoms with E-state index in [2.05, 4.69) is 20.6 Å². The smallest absolute Gasteiger partial charge is 0.271 e. The van der Waals surface area contributed by atoms with Gasteiger partial charge in [0.2, 0.25) is 0 Å². The predicted octanol–water partition coefficient (Wildman–Crippen LogP) is 3.11. The number of anilines is 1. The summed E-state index contributed by atoms with van der Waals surface area (Å²) in [6, 6.07) is 3.60. The van der Waals surface area contributed by atoms with Gasteiger partial charge < -0.3 is 10.6 Å². The molecule has 7 heteroatoms. The summed E-state index contributed by atoms with van der Waals surface area (Å²) in [6.07, 6.45) is 3.01. The molecule has 0 aromatic carbocycles. The summed E-state index contributed by atoms with van der Waals surface area (Å²) in [6.45, 7) is 4.63. The largest absolute Gasteiger partial charge is 0.369 e. The van der Waals surface area contributed by atoms with Crippen LogP contribution in [0.25, 0.3) is 0 Å². The van der Waals surface area contributed by atoms with Crippen LogP contribution < -0.4 is 10.6 Å². The van der Waals surface area contributed by atoms with E-state index in [1.165, 1.54) is 17.5 Å². The third kappa shape index (κ3) is 3.68. The van der Waals surface area contributed by atoms with Crippen molar-refractivity contribution in [3.05, 3.63) is 39.4 Å². The molecule has 2 aromatic heterocycles. The van der Waals surface area contributed by atoms with E-state index in [1.807, 2.05) is 26.0 Å². The van der Waals surface area contributed by atoms with Crippen molar-refractivity contribution in [3.63, 3.8) is 0 Å². The first kappa shape index (κ1) is 14.7. The lowest BCUT2D eigenvalue weighted by atomic mass is 10.2. The Morgan fingerprint density at radius 1 is 1.40 bits per heavy atom. The molecule has 0 saturated carbocycles. The highest BCUT2D eigenvalue weighted by Gasteiger charge is 2.14. The molecule has 0 bridgehead atoms. The quantitative estimate of drug-likeness (QED) is 0.890. The van der Waals surface area contributed by atoms with Crippen molar-refractivity contribution in [1.82, 2.24) is 15.3 Å². The van der Waals surface area contributed by atoms with Crippen LogP contribution in [0.2, 0.25) is 4.34 Å². The molecule has 0 fully saturated rings. The molecule has 0 saturated heterocycles. The molecule has 0 radical (unpaired) electrons. The standard InChI is InChI=1S/C13H15ClN4OS/c1-3-15-12-7-16-9(6-17-12)13(19)18-8(2)10-4-5-11(14)20-10/h4-8H,3H2,1-2H3,(H,15,17)(H,18,19). The Bertz CT molecular complexity index is 584. The van der Waals surface area contributed by atoms with E-state index < -0.39 is 0 Å². The normalized spacial score (nSPS) is 11.9. The molecular weight excluding hydrogens is 296 g/mol. The van der Waals surface area contributed by atoms with Gasteiger partial charge in [0.25, 0.3) is 5.91 Å². The first-order valence-corrected chi connectivity index (χ1v) is 7.41. The first-order valence-electron chi connectivity index (χ1n) is 6.22. The summed E-state index contributed by atoms with van der Waals surface area (Å²) >= 11 is 7.33. The molecule has 1 atom stereocenters. The molecular formula is C13H15ClN4OS. The number of aromatic nitrogens is 2.